The summed E-state index contributed by atoms with van der Waals surface area (Å²) < 4.78 is 0. The maximum absolute atomic E-state index is 13.2. The van der Waals surface area contributed by atoms with E-state index in [0.29, 0.717) is 12.0 Å². The molecule has 1 aromatic heterocycles. The number of pyridine rings is 1. The van der Waals surface area contributed by atoms with Crippen LogP contribution in [0.15, 0.2) is 30.3 Å². The number of amides is 1. The summed E-state index contributed by atoms with van der Waals surface area (Å²) in [5.41, 5.74) is 1.68. The number of nitrogens with zero attached hydrogens (tertiary/aromatic N) is 2. The van der Waals surface area contributed by atoms with Crippen molar-refractivity contribution in [3.8, 4) is 0 Å². The Morgan fingerprint density at radius 3 is 2.63 bits per heavy atom. The molecule has 1 saturated heterocycles. The number of rotatable bonds is 3. The Balaban J connectivity index is 1.63. The Morgan fingerprint density at radius 2 is 1.85 bits per heavy atom. The van der Waals surface area contributed by atoms with Gasteiger partial charge in [-0.25, -0.2) is 4.98 Å². The molecule has 1 unspecified atom stereocenters. The molecule has 4 heteroatoms. The van der Waals surface area contributed by atoms with Crippen molar-refractivity contribution in [2.45, 2.75) is 58.4 Å². The molecule has 0 spiro atoms. The summed E-state index contributed by atoms with van der Waals surface area (Å²) in [5, 5.41) is 4.25. The van der Waals surface area contributed by atoms with Crippen LogP contribution in [0, 0.1) is 11.8 Å². The summed E-state index contributed by atoms with van der Waals surface area (Å²) >= 11 is 0. The molecule has 1 N–H and O–H groups in total. The maximum Gasteiger partial charge on any atom is 0.252 e. The lowest BCUT2D eigenvalue weighted by molar-refractivity contribution is 0.0924. The van der Waals surface area contributed by atoms with E-state index in [4.69, 9.17) is 4.98 Å². The molecule has 2 aromatic rings. The molecular weight excluding hydrogens is 334 g/mol. The van der Waals surface area contributed by atoms with Crippen LogP contribution in [0.5, 0.6) is 0 Å². The van der Waals surface area contributed by atoms with Gasteiger partial charge in [0, 0.05) is 24.5 Å². The molecule has 1 aliphatic carbocycles. The molecule has 0 radical (unpaired) electrons. The minimum absolute atomic E-state index is 0.0551. The number of piperidine rings is 1. The number of benzene rings is 1. The number of nitrogens with one attached hydrogen (secondary N) is 1. The van der Waals surface area contributed by atoms with Gasteiger partial charge in [-0.05, 0) is 62.5 Å². The SMILES string of the molecule is CC1CCC(NC(=O)c2cc(N3CCCC(C)C3)nc3ccccc23)CC1. The fourth-order valence-corrected chi connectivity index (χ4v) is 4.58. The van der Waals surface area contributed by atoms with E-state index in [9.17, 15) is 4.79 Å². The van der Waals surface area contributed by atoms with Gasteiger partial charge in [-0.3, -0.25) is 4.79 Å². The molecule has 1 amide bonds. The molecule has 144 valence electrons. The van der Waals surface area contributed by atoms with E-state index in [1.165, 1.54) is 25.7 Å². The summed E-state index contributed by atoms with van der Waals surface area (Å²) in [5.74, 6) is 2.46. The van der Waals surface area contributed by atoms with Crippen molar-refractivity contribution in [1.82, 2.24) is 10.3 Å². The van der Waals surface area contributed by atoms with E-state index >= 15 is 0 Å². The van der Waals surface area contributed by atoms with Crippen LogP contribution in [0.3, 0.4) is 0 Å². The summed E-state index contributed by atoms with van der Waals surface area (Å²) in [6, 6.07) is 10.3. The molecule has 27 heavy (non-hydrogen) atoms. The highest BCUT2D eigenvalue weighted by Crippen LogP contribution is 2.28. The first-order valence-electron chi connectivity index (χ1n) is 10.6. The average molecular weight is 366 g/mol. The second-order valence-corrected chi connectivity index (χ2v) is 8.67. The fourth-order valence-electron chi connectivity index (χ4n) is 4.58. The van der Waals surface area contributed by atoms with Crippen LogP contribution < -0.4 is 10.2 Å². The van der Waals surface area contributed by atoms with Crippen LogP contribution in [0.1, 0.15) is 62.7 Å². The largest absolute Gasteiger partial charge is 0.356 e. The molecule has 4 nitrogen and oxygen atoms in total. The molecule has 1 saturated carbocycles. The Bertz CT molecular complexity index is 810. The van der Waals surface area contributed by atoms with Gasteiger partial charge in [-0.1, -0.05) is 32.0 Å². The van der Waals surface area contributed by atoms with Gasteiger partial charge < -0.3 is 10.2 Å². The lowest BCUT2D eigenvalue weighted by Crippen LogP contribution is -2.38. The quantitative estimate of drug-likeness (QED) is 0.851. The molecule has 1 aliphatic heterocycles. The lowest BCUT2D eigenvalue weighted by Gasteiger charge is -2.32. The average Bonchev–Trinajstić information content (AvgIpc) is 2.69. The smallest absolute Gasteiger partial charge is 0.252 e. The number of para-hydroxylation sites is 1. The van der Waals surface area contributed by atoms with E-state index < -0.39 is 0 Å². The highest BCUT2D eigenvalue weighted by molar-refractivity contribution is 6.07. The molecule has 1 atom stereocenters. The Hall–Kier alpha value is -2.10. The summed E-state index contributed by atoms with van der Waals surface area (Å²) in [6.45, 7) is 6.65. The molecule has 2 fully saturated rings. The van der Waals surface area contributed by atoms with Gasteiger partial charge in [0.05, 0.1) is 11.1 Å². The van der Waals surface area contributed by atoms with E-state index in [-0.39, 0.29) is 5.91 Å². The van der Waals surface area contributed by atoms with Crippen LogP contribution >= 0.6 is 0 Å². The van der Waals surface area contributed by atoms with Crippen LogP contribution in [-0.4, -0.2) is 30.0 Å². The van der Waals surface area contributed by atoms with Gasteiger partial charge >= 0.3 is 0 Å². The third kappa shape index (κ3) is 4.10. The van der Waals surface area contributed by atoms with Crippen LogP contribution in [0.2, 0.25) is 0 Å². The first kappa shape index (κ1) is 18.3. The highest BCUT2D eigenvalue weighted by Gasteiger charge is 2.23. The molecular formula is C23H31N3O. The van der Waals surface area contributed by atoms with Crippen molar-refractivity contribution in [2.75, 3.05) is 18.0 Å². The fraction of sp³-hybridized carbons (Fsp3) is 0.565. The summed E-state index contributed by atoms with van der Waals surface area (Å²) in [4.78, 5) is 20.4. The van der Waals surface area contributed by atoms with Gasteiger partial charge in [-0.2, -0.15) is 0 Å². The number of hydrogen-bond donors (Lipinski definition) is 1. The first-order chi connectivity index (χ1) is 13.1. The number of carbonyl (C=O) groups excluding carboxylic acids is 1. The topological polar surface area (TPSA) is 45.2 Å². The van der Waals surface area contributed by atoms with Gasteiger partial charge in [-0.15, -0.1) is 0 Å². The van der Waals surface area contributed by atoms with Crippen molar-refractivity contribution in [2.24, 2.45) is 11.8 Å². The second-order valence-electron chi connectivity index (χ2n) is 8.67. The van der Waals surface area contributed by atoms with E-state index in [0.717, 1.165) is 54.1 Å². The highest BCUT2D eigenvalue weighted by atomic mass is 16.1. The zero-order valence-corrected chi connectivity index (χ0v) is 16.6. The van der Waals surface area contributed by atoms with E-state index in [2.05, 4.69) is 24.1 Å². The van der Waals surface area contributed by atoms with E-state index in [1.807, 2.05) is 30.3 Å². The van der Waals surface area contributed by atoms with Gasteiger partial charge in [0.25, 0.3) is 5.91 Å². The number of anilines is 1. The van der Waals surface area contributed by atoms with Crippen LogP contribution in [-0.2, 0) is 0 Å². The maximum atomic E-state index is 13.2. The van der Waals surface area contributed by atoms with Crippen molar-refractivity contribution >= 4 is 22.6 Å². The number of aromatic nitrogens is 1. The molecule has 2 heterocycles. The third-order valence-corrected chi connectivity index (χ3v) is 6.28. The Labute approximate surface area is 162 Å². The Morgan fingerprint density at radius 1 is 1.07 bits per heavy atom. The summed E-state index contributed by atoms with van der Waals surface area (Å²) in [6.07, 6.45) is 7.06. The molecule has 4 rings (SSSR count). The summed E-state index contributed by atoms with van der Waals surface area (Å²) in [7, 11) is 0. The normalized spacial score (nSPS) is 26.1. The minimum Gasteiger partial charge on any atom is -0.356 e. The van der Waals surface area contributed by atoms with Crippen molar-refractivity contribution < 1.29 is 4.79 Å². The Kier molecular flexibility index (Phi) is 5.33. The first-order valence-corrected chi connectivity index (χ1v) is 10.6. The standard InChI is InChI=1S/C23H31N3O/c1-16-9-11-18(12-10-16)24-23(27)20-14-22(26-13-5-6-17(2)15-26)25-21-8-4-3-7-19(20)21/h3-4,7-8,14,16-18H,5-6,9-13,15H2,1-2H3,(H,24,27). The molecule has 2 aliphatic rings. The van der Waals surface area contributed by atoms with Crippen LogP contribution in [0.4, 0.5) is 5.82 Å². The monoisotopic (exact) mass is 365 g/mol. The number of fused-ring (bicyclic) bond motifs is 1. The van der Waals surface area contributed by atoms with Crippen LogP contribution in [0.25, 0.3) is 10.9 Å². The number of carbonyl (C=O) groups is 1. The van der Waals surface area contributed by atoms with Gasteiger partial charge in [0.2, 0.25) is 0 Å². The molecule has 1 aromatic carbocycles. The zero-order valence-electron chi connectivity index (χ0n) is 16.6. The second kappa shape index (κ2) is 7.87. The number of hydrogen-bond acceptors (Lipinski definition) is 3. The van der Waals surface area contributed by atoms with Gasteiger partial charge in [0.1, 0.15) is 5.82 Å². The zero-order chi connectivity index (χ0) is 18.8. The lowest BCUT2D eigenvalue weighted by atomic mass is 9.87. The van der Waals surface area contributed by atoms with Crippen molar-refractivity contribution in [3.63, 3.8) is 0 Å². The van der Waals surface area contributed by atoms with Gasteiger partial charge in [0.15, 0.2) is 0 Å². The minimum atomic E-state index is 0.0551. The third-order valence-electron chi connectivity index (χ3n) is 6.28. The van der Waals surface area contributed by atoms with Crippen molar-refractivity contribution in [3.05, 3.63) is 35.9 Å². The predicted molar refractivity (Wildman–Crippen MR) is 111 cm³/mol. The van der Waals surface area contributed by atoms with Crippen molar-refractivity contribution in [1.29, 1.82) is 0 Å². The molecule has 0 bridgehead atoms. The van der Waals surface area contributed by atoms with E-state index in [1.54, 1.807) is 0 Å². The predicted octanol–water partition coefficient (Wildman–Crippen LogP) is 4.78.